The summed E-state index contributed by atoms with van der Waals surface area (Å²) >= 11 is 0. The van der Waals surface area contributed by atoms with Crippen LogP contribution in [0.15, 0.2) is 54.6 Å². The summed E-state index contributed by atoms with van der Waals surface area (Å²) in [5.74, 6) is -1.67. The standard InChI is InChI=1S/C24H32FN3O4S/c1-5-18(3)26-24(30)21(6-2)27(16-19-12-8-7-9-13-19)23(29)17-28(33(4,31)32)22-15-11-10-14-20(22)25/h7-15,18,21H,5-6,16-17H2,1-4H3,(H,26,30). The van der Waals surface area contributed by atoms with Crippen LogP contribution in [0.25, 0.3) is 0 Å². The third-order valence-electron chi connectivity index (χ3n) is 5.38. The zero-order valence-corrected chi connectivity index (χ0v) is 20.3. The zero-order valence-electron chi connectivity index (χ0n) is 19.5. The van der Waals surface area contributed by atoms with Gasteiger partial charge in [0.15, 0.2) is 0 Å². The monoisotopic (exact) mass is 477 g/mol. The molecule has 9 heteroatoms. The maximum Gasteiger partial charge on any atom is 0.244 e. The molecule has 0 heterocycles. The number of hydrogen-bond acceptors (Lipinski definition) is 4. The molecule has 2 atom stereocenters. The second-order valence-corrected chi connectivity index (χ2v) is 9.88. The van der Waals surface area contributed by atoms with Crippen LogP contribution in [-0.2, 0) is 26.2 Å². The largest absolute Gasteiger partial charge is 0.352 e. The summed E-state index contributed by atoms with van der Waals surface area (Å²) in [6.45, 7) is 5.09. The number of carbonyl (C=O) groups excluding carboxylic acids is 2. The topological polar surface area (TPSA) is 86.8 Å². The van der Waals surface area contributed by atoms with Crippen LogP contribution >= 0.6 is 0 Å². The van der Waals surface area contributed by atoms with Gasteiger partial charge in [0.25, 0.3) is 0 Å². The first kappa shape index (κ1) is 26.3. The minimum atomic E-state index is -3.97. The van der Waals surface area contributed by atoms with Gasteiger partial charge in [0.2, 0.25) is 21.8 Å². The maximum absolute atomic E-state index is 14.4. The zero-order chi connectivity index (χ0) is 24.6. The van der Waals surface area contributed by atoms with Crippen LogP contribution < -0.4 is 9.62 Å². The molecule has 0 saturated heterocycles. The third kappa shape index (κ3) is 7.28. The van der Waals surface area contributed by atoms with E-state index in [4.69, 9.17) is 0 Å². The molecule has 33 heavy (non-hydrogen) atoms. The van der Waals surface area contributed by atoms with Gasteiger partial charge in [-0.3, -0.25) is 13.9 Å². The van der Waals surface area contributed by atoms with Crippen molar-refractivity contribution in [3.63, 3.8) is 0 Å². The van der Waals surface area contributed by atoms with Crippen LogP contribution in [0.4, 0.5) is 10.1 Å². The molecule has 0 spiro atoms. The number of hydrogen-bond donors (Lipinski definition) is 1. The molecule has 2 rings (SSSR count). The Bertz CT molecular complexity index is 1050. The highest BCUT2D eigenvalue weighted by atomic mass is 32.2. The van der Waals surface area contributed by atoms with E-state index in [0.29, 0.717) is 6.42 Å². The molecule has 180 valence electrons. The van der Waals surface area contributed by atoms with Gasteiger partial charge in [-0.1, -0.05) is 56.3 Å². The first-order valence-corrected chi connectivity index (χ1v) is 12.8. The van der Waals surface area contributed by atoms with E-state index < -0.39 is 34.3 Å². The molecule has 2 aromatic carbocycles. The highest BCUT2D eigenvalue weighted by molar-refractivity contribution is 7.92. The highest BCUT2D eigenvalue weighted by Crippen LogP contribution is 2.22. The third-order valence-corrected chi connectivity index (χ3v) is 6.51. The van der Waals surface area contributed by atoms with Crippen LogP contribution in [0.1, 0.15) is 39.2 Å². The van der Waals surface area contributed by atoms with Crippen LogP contribution in [0.2, 0.25) is 0 Å². The Kier molecular flexibility index (Phi) is 9.40. The van der Waals surface area contributed by atoms with Crippen molar-refractivity contribution < 1.29 is 22.4 Å². The fraction of sp³-hybridized carbons (Fsp3) is 0.417. The molecule has 0 radical (unpaired) electrons. The number of benzene rings is 2. The minimum Gasteiger partial charge on any atom is -0.352 e. The lowest BCUT2D eigenvalue weighted by Crippen LogP contribution is -2.53. The molecular formula is C24H32FN3O4S. The average Bonchev–Trinajstić information content (AvgIpc) is 2.77. The molecule has 0 bridgehead atoms. The summed E-state index contributed by atoms with van der Waals surface area (Å²) in [6.07, 6.45) is 1.98. The summed E-state index contributed by atoms with van der Waals surface area (Å²) in [4.78, 5) is 27.8. The predicted octanol–water partition coefficient (Wildman–Crippen LogP) is 3.31. The van der Waals surface area contributed by atoms with Gasteiger partial charge in [0.05, 0.1) is 11.9 Å². The lowest BCUT2D eigenvalue weighted by molar-refractivity contribution is -0.140. The van der Waals surface area contributed by atoms with Crippen molar-refractivity contribution in [1.82, 2.24) is 10.2 Å². The summed E-state index contributed by atoms with van der Waals surface area (Å²) in [6, 6.07) is 13.6. The Balaban J connectivity index is 2.42. The first-order valence-electron chi connectivity index (χ1n) is 10.9. The lowest BCUT2D eigenvalue weighted by Gasteiger charge is -2.33. The minimum absolute atomic E-state index is 0.0776. The van der Waals surface area contributed by atoms with E-state index >= 15 is 0 Å². The van der Waals surface area contributed by atoms with Crippen LogP contribution in [0.5, 0.6) is 0 Å². The molecule has 0 aromatic heterocycles. The van der Waals surface area contributed by atoms with E-state index in [1.807, 2.05) is 44.2 Å². The van der Waals surface area contributed by atoms with E-state index in [0.717, 1.165) is 28.6 Å². The quantitative estimate of drug-likeness (QED) is 0.538. The Labute approximate surface area is 195 Å². The van der Waals surface area contributed by atoms with Gasteiger partial charge in [0, 0.05) is 12.6 Å². The Hall–Kier alpha value is -2.94. The number of rotatable bonds is 11. The molecule has 2 amide bonds. The molecular weight excluding hydrogens is 445 g/mol. The smallest absolute Gasteiger partial charge is 0.244 e. The second kappa shape index (κ2) is 11.8. The average molecular weight is 478 g/mol. The number of sulfonamides is 1. The number of anilines is 1. The van der Waals surface area contributed by atoms with Gasteiger partial charge < -0.3 is 10.2 Å². The number of amides is 2. The van der Waals surface area contributed by atoms with Gasteiger partial charge in [-0.05, 0) is 37.5 Å². The second-order valence-electron chi connectivity index (χ2n) is 7.97. The summed E-state index contributed by atoms with van der Waals surface area (Å²) in [5.41, 5.74) is 0.572. The van der Waals surface area contributed by atoms with Crippen molar-refractivity contribution in [2.24, 2.45) is 0 Å². The molecule has 0 fully saturated rings. The predicted molar refractivity (Wildman–Crippen MR) is 128 cm³/mol. The van der Waals surface area contributed by atoms with Gasteiger partial charge in [0.1, 0.15) is 18.4 Å². The molecule has 7 nitrogen and oxygen atoms in total. The maximum atomic E-state index is 14.4. The van der Waals surface area contributed by atoms with Gasteiger partial charge >= 0.3 is 0 Å². The van der Waals surface area contributed by atoms with Crippen molar-refractivity contribution >= 4 is 27.5 Å². The van der Waals surface area contributed by atoms with Crippen molar-refractivity contribution in [2.45, 2.75) is 52.2 Å². The Morgan fingerprint density at radius 2 is 1.61 bits per heavy atom. The van der Waals surface area contributed by atoms with Gasteiger partial charge in [-0.15, -0.1) is 0 Å². The molecule has 0 aliphatic carbocycles. The number of nitrogens with zero attached hydrogens (tertiary/aromatic N) is 2. The van der Waals surface area contributed by atoms with E-state index in [2.05, 4.69) is 5.32 Å². The lowest BCUT2D eigenvalue weighted by atomic mass is 10.1. The van der Waals surface area contributed by atoms with E-state index in [9.17, 15) is 22.4 Å². The highest BCUT2D eigenvalue weighted by Gasteiger charge is 2.32. The van der Waals surface area contributed by atoms with Crippen molar-refractivity contribution in [2.75, 3.05) is 17.1 Å². The Morgan fingerprint density at radius 3 is 2.15 bits per heavy atom. The fourth-order valence-corrected chi connectivity index (χ4v) is 4.24. The normalized spacial score (nSPS) is 13.1. The first-order chi connectivity index (χ1) is 15.6. The van der Waals surface area contributed by atoms with Crippen molar-refractivity contribution in [1.29, 1.82) is 0 Å². The molecule has 0 aliphatic rings. The van der Waals surface area contributed by atoms with E-state index in [1.54, 1.807) is 6.92 Å². The van der Waals surface area contributed by atoms with Crippen LogP contribution in [0, 0.1) is 5.82 Å². The summed E-state index contributed by atoms with van der Waals surface area (Å²) in [7, 11) is -3.97. The summed E-state index contributed by atoms with van der Waals surface area (Å²) in [5, 5.41) is 2.90. The molecule has 2 aromatic rings. The Morgan fingerprint density at radius 1 is 1.00 bits per heavy atom. The van der Waals surface area contributed by atoms with E-state index in [-0.39, 0.29) is 24.2 Å². The van der Waals surface area contributed by atoms with Crippen molar-refractivity contribution in [3.05, 3.63) is 66.0 Å². The summed E-state index contributed by atoms with van der Waals surface area (Å²) < 4.78 is 40.1. The molecule has 0 saturated carbocycles. The molecule has 1 N–H and O–H groups in total. The van der Waals surface area contributed by atoms with Crippen LogP contribution in [-0.4, -0.2) is 50.0 Å². The van der Waals surface area contributed by atoms with Crippen molar-refractivity contribution in [3.8, 4) is 0 Å². The number of halogens is 1. The van der Waals surface area contributed by atoms with Gasteiger partial charge in [-0.2, -0.15) is 0 Å². The number of para-hydroxylation sites is 1. The van der Waals surface area contributed by atoms with Crippen LogP contribution in [0.3, 0.4) is 0 Å². The van der Waals surface area contributed by atoms with E-state index in [1.165, 1.54) is 23.1 Å². The fourth-order valence-electron chi connectivity index (χ4n) is 3.39. The number of carbonyl (C=O) groups is 2. The van der Waals surface area contributed by atoms with Gasteiger partial charge in [-0.25, -0.2) is 12.8 Å². The molecule has 2 unspecified atom stereocenters. The number of nitrogens with one attached hydrogen (secondary N) is 1. The SMILES string of the molecule is CCC(C)NC(=O)C(CC)N(Cc1ccccc1)C(=O)CN(c1ccccc1F)S(C)(=O)=O. The molecule has 0 aliphatic heterocycles.